The Labute approximate surface area is 116 Å². The van der Waals surface area contributed by atoms with E-state index in [0.717, 1.165) is 28.0 Å². The van der Waals surface area contributed by atoms with E-state index in [1.165, 1.54) is 0 Å². The maximum Gasteiger partial charge on any atom is 0.121 e. The van der Waals surface area contributed by atoms with Crippen LogP contribution >= 0.6 is 0 Å². The third-order valence-electron chi connectivity index (χ3n) is 3.08. The lowest BCUT2D eigenvalue weighted by atomic mass is 10.1. The summed E-state index contributed by atoms with van der Waals surface area (Å²) in [6.07, 6.45) is 1.74. The zero-order valence-corrected chi connectivity index (χ0v) is 11.0. The molecule has 0 aliphatic heterocycles. The van der Waals surface area contributed by atoms with Gasteiger partial charge in [0.15, 0.2) is 0 Å². The van der Waals surface area contributed by atoms with Gasteiger partial charge >= 0.3 is 0 Å². The molecule has 100 valence electrons. The first-order valence-corrected chi connectivity index (χ1v) is 6.25. The van der Waals surface area contributed by atoms with Crippen molar-refractivity contribution in [2.45, 2.75) is 0 Å². The van der Waals surface area contributed by atoms with Crippen molar-refractivity contribution in [3.8, 4) is 11.5 Å². The Bertz CT molecular complexity index is 756. The predicted octanol–water partition coefficient (Wildman–Crippen LogP) is 3.69. The molecule has 0 radical (unpaired) electrons. The largest absolute Gasteiger partial charge is 0.508 e. The first-order valence-electron chi connectivity index (χ1n) is 6.25. The molecule has 0 saturated carbocycles. The van der Waals surface area contributed by atoms with E-state index in [-0.39, 0.29) is 5.75 Å². The lowest BCUT2D eigenvalue weighted by Gasteiger charge is -2.10. The Morgan fingerprint density at radius 3 is 2.80 bits per heavy atom. The highest BCUT2D eigenvalue weighted by Crippen LogP contribution is 2.28. The number of nitrogens with zero attached hydrogens (tertiary/aromatic N) is 1. The van der Waals surface area contributed by atoms with E-state index in [4.69, 9.17) is 4.74 Å². The summed E-state index contributed by atoms with van der Waals surface area (Å²) in [5, 5.41) is 13.8. The minimum atomic E-state index is 0.232. The van der Waals surface area contributed by atoms with Gasteiger partial charge in [-0.3, -0.25) is 4.98 Å². The van der Waals surface area contributed by atoms with Crippen molar-refractivity contribution in [3.05, 3.63) is 54.7 Å². The van der Waals surface area contributed by atoms with E-state index in [1.54, 1.807) is 31.5 Å². The number of ether oxygens (including phenoxy) is 1. The third kappa shape index (κ3) is 2.36. The molecule has 0 bridgehead atoms. The molecule has 3 rings (SSSR count). The van der Waals surface area contributed by atoms with E-state index in [0.29, 0.717) is 0 Å². The van der Waals surface area contributed by atoms with Gasteiger partial charge in [-0.05, 0) is 30.3 Å². The Kier molecular flexibility index (Phi) is 3.13. The van der Waals surface area contributed by atoms with Crippen LogP contribution in [0, 0.1) is 0 Å². The van der Waals surface area contributed by atoms with Crippen LogP contribution in [0.1, 0.15) is 0 Å². The third-order valence-corrected chi connectivity index (χ3v) is 3.08. The van der Waals surface area contributed by atoms with E-state index < -0.39 is 0 Å². The van der Waals surface area contributed by atoms with Crippen molar-refractivity contribution >= 4 is 22.3 Å². The summed E-state index contributed by atoms with van der Waals surface area (Å²) in [4.78, 5) is 4.34. The summed E-state index contributed by atoms with van der Waals surface area (Å²) in [6.45, 7) is 0. The predicted molar refractivity (Wildman–Crippen MR) is 79.7 cm³/mol. The van der Waals surface area contributed by atoms with Gasteiger partial charge in [-0.2, -0.15) is 0 Å². The van der Waals surface area contributed by atoms with Crippen molar-refractivity contribution in [3.63, 3.8) is 0 Å². The number of methoxy groups -OCH3 is 1. The fourth-order valence-electron chi connectivity index (χ4n) is 2.10. The number of hydrogen-bond acceptors (Lipinski definition) is 4. The van der Waals surface area contributed by atoms with Crippen molar-refractivity contribution in [2.24, 2.45) is 0 Å². The summed E-state index contributed by atoms with van der Waals surface area (Å²) in [5.41, 5.74) is 2.62. The molecule has 0 unspecified atom stereocenters. The van der Waals surface area contributed by atoms with Crippen molar-refractivity contribution < 1.29 is 9.84 Å². The van der Waals surface area contributed by atoms with Crippen molar-refractivity contribution in [2.75, 3.05) is 12.4 Å². The SMILES string of the molecule is COc1ccc2c(Nc3cccc(O)c3)ccnc2c1. The Hall–Kier alpha value is -2.75. The Morgan fingerprint density at radius 1 is 1.10 bits per heavy atom. The first-order chi connectivity index (χ1) is 9.76. The minimum absolute atomic E-state index is 0.232. The van der Waals surface area contributed by atoms with Crippen LogP contribution in [0.3, 0.4) is 0 Å². The van der Waals surface area contributed by atoms with E-state index in [9.17, 15) is 5.11 Å². The van der Waals surface area contributed by atoms with Crippen LogP contribution < -0.4 is 10.1 Å². The standard InChI is InChI=1S/C16H14N2O2/c1-20-13-5-6-14-15(7-8-17-16(14)10-13)18-11-3-2-4-12(19)9-11/h2-10,19H,1H3,(H,17,18). The fraction of sp³-hybridized carbons (Fsp3) is 0.0625. The lowest BCUT2D eigenvalue weighted by Crippen LogP contribution is -1.93. The molecule has 0 aliphatic carbocycles. The highest BCUT2D eigenvalue weighted by Gasteiger charge is 2.04. The van der Waals surface area contributed by atoms with Crippen LogP contribution in [-0.2, 0) is 0 Å². The molecule has 4 heteroatoms. The summed E-state index contributed by atoms with van der Waals surface area (Å²) in [5.74, 6) is 1.01. The highest BCUT2D eigenvalue weighted by atomic mass is 16.5. The number of nitrogens with one attached hydrogen (secondary N) is 1. The zero-order chi connectivity index (χ0) is 13.9. The van der Waals surface area contributed by atoms with E-state index in [2.05, 4.69) is 10.3 Å². The molecule has 4 nitrogen and oxygen atoms in total. The normalized spacial score (nSPS) is 10.4. The van der Waals surface area contributed by atoms with Crippen LogP contribution in [0.2, 0.25) is 0 Å². The van der Waals surface area contributed by atoms with Gasteiger partial charge in [-0.25, -0.2) is 0 Å². The van der Waals surface area contributed by atoms with E-state index in [1.807, 2.05) is 30.3 Å². The molecule has 0 amide bonds. The number of phenolic OH excluding ortho intramolecular Hbond substituents is 1. The molecule has 0 saturated heterocycles. The number of fused-ring (bicyclic) bond motifs is 1. The summed E-state index contributed by atoms with van der Waals surface area (Å²) in [6, 6.07) is 14.7. The second-order valence-corrected chi connectivity index (χ2v) is 4.42. The van der Waals surface area contributed by atoms with Crippen molar-refractivity contribution in [1.29, 1.82) is 0 Å². The molecule has 20 heavy (non-hydrogen) atoms. The monoisotopic (exact) mass is 266 g/mol. The van der Waals surface area contributed by atoms with Gasteiger partial charge in [0.05, 0.1) is 12.6 Å². The molecule has 1 heterocycles. The summed E-state index contributed by atoms with van der Waals surface area (Å²) < 4.78 is 5.20. The summed E-state index contributed by atoms with van der Waals surface area (Å²) in [7, 11) is 1.63. The number of rotatable bonds is 3. The maximum absolute atomic E-state index is 9.50. The molecule has 2 aromatic carbocycles. The maximum atomic E-state index is 9.50. The van der Waals surface area contributed by atoms with Crippen LogP contribution in [0.25, 0.3) is 10.9 Å². The number of phenols is 1. The molecule has 3 aromatic rings. The molecule has 1 aromatic heterocycles. The molecule has 0 aliphatic rings. The number of hydrogen-bond donors (Lipinski definition) is 2. The first kappa shape index (κ1) is 12.3. The zero-order valence-electron chi connectivity index (χ0n) is 11.0. The molecule has 2 N–H and O–H groups in total. The average Bonchev–Trinajstić information content (AvgIpc) is 2.47. The molecule has 0 fully saturated rings. The molecular weight excluding hydrogens is 252 g/mol. The van der Waals surface area contributed by atoms with Crippen LogP contribution in [0.5, 0.6) is 11.5 Å². The van der Waals surface area contributed by atoms with Crippen LogP contribution in [0.4, 0.5) is 11.4 Å². The van der Waals surface area contributed by atoms with E-state index >= 15 is 0 Å². The van der Waals surface area contributed by atoms with Gasteiger partial charge in [0.2, 0.25) is 0 Å². The lowest BCUT2D eigenvalue weighted by molar-refractivity contribution is 0.415. The number of benzene rings is 2. The number of pyridine rings is 1. The second kappa shape index (κ2) is 5.09. The molecular formula is C16H14N2O2. The van der Waals surface area contributed by atoms with Crippen LogP contribution in [-0.4, -0.2) is 17.2 Å². The molecule has 0 atom stereocenters. The van der Waals surface area contributed by atoms with Gasteiger partial charge < -0.3 is 15.2 Å². The number of aromatic hydroxyl groups is 1. The van der Waals surface area contributed by atoms with Gasteiger partial charge in [0, 0.05) is 35.1 Å². The molecule has 0 spiro atoms. The smallest absolute Gasteiger partial charge is 0.121 e. The van der Waals surface area contributed by atoms with Gasteiger partial charge in [-0.1, -0.05) is 6.07 Å². The van der Waals surface area contributed by atoms with Crippen molar-refractivity contribution in [1.82, 2.24) is 4.98 Å². The van der Waals surface area contributed by atoms with Gasteiger partial charge in [0.1, 0.15) is 11.5 Å². The minimum Gasteiger partial charge on any atom is -0.508 e. The van der Waals surface area contributed by atoms with Gasteiger partial charge in [-0.15, -0.1) is 0 Å². The summed E-state index contributed by atoms with van der Waals surface area (Å²) >= 11 is 0. The van der Waals surface area contributed by atoms with Gasteiger partial charge in [0.25, 0.3) is 0 Å². The second-order valence-electron chi connectivity index (χ2n) is 4.42. The highest BCUT2D eigenvalue weighted by molar-refractivity contribution is 5.93. The van der Waals surface area contributed by atoms with Crippen LogP contribution in [0.15, 0.2) is 54.7 Å². The fourth-order valence-corrected chi connectivity index (χ4v) is 2.10. The Morgan fingerprint density at radius 2 is 2.00 bits per heavy atom. The topological polar surface area (TPSA) is 54.4 Å². The Balaban J connectivity index is 2.03. The number of aromatic nitrogens is 1. The number of anilines is 2. The average molecular weight is 266 g/mol. The quantitative estimate of drug-likeness (QED) is 0.759.